The molecule has 1 aromatic heterocycles. The number of hydrogen-bond acceptors (Lipinski definition) is 5. The van der Waals surface area contributed by atoms with E-state index in [9.17, 15) is 13.2 Å². The van der Waals surface area contributed by atoms with E-state index in [1.54, 1.807) is 42.5 Å². The molecule has 0 bridgehead atoms. The minimum absolute atomic E-state index is 0.104. The van der Waals surface area contributed by atoms with Gasteiger partial charge in [-0.2, -0.15) is 0 Å². The number of ether oxygens (including phenoxy) is 1. The van der Waals surface area contributed by atoms with E-state index in [1.165, 1.54) is 37.4 Å². The second-order valence-electron chi connectivity index (χ2n) is 6.47. The van der Waals surface area contributed by atoms with Gasteiger partial charge in [0, 0.05) is 22.3 Å². The molecule has 0 aliphatic rings. The van der Waals surface area contributed by atoms with Gasteiger partial charge >= 0.3 is 0 Å². The summed E-state index contributed by atoms with van der Waals surface area (Å²) >= 11 is 5.81. The molecule has 0 atom stereocenters. The first-order chi connectivity index (χ1) is 14.4. The minimum Gasteiger partial charge on any atom is -0.497 e. The molecule has 0 fully saturated rings. The van der Waals surface area contributed by atoms with Crippen LogP contribution in [0.1, 0.15) is 0 Å². The van der Waals surface area contributed by atoms with E-state index in [0.29, 0.717) is 38.8 Å². The normalized spacial score (nSPS) is 11.4. The van der Waals surface area contributed by atoms with Crippen molar-refractivity contribution in [2.45, 2.75) is 4.90 Å². The van der Waals surface area contributed by atoms with Crippen LogP contribution in [0.25, 0.3) is 22.3 Å². The molecule has 0 spiro atoms. The summed E-state index contributed by atoms with van der Waals surface area (Å²) < 4.78 is 38.5. The Morgan fingerprint density at radius 3 is 2.30 bits per heavy atom. The summed E-state index contributed by atoms with van der Waals surface area (Å²) in [6.07, 6.45) is 0. The van der Waals surface area contributed by atoms with Crippen molar-refractivity contribution in [2.75, 3.05) is 11.8 Å². The molecule has 4 rings (SSSR count). The lowest BCUT2D eigenvalue weighted by atomic mass is 10.1. The number of nitrogens with one attached hydrogen (secondary N) is 1. The maximum absolute atomic E-state index is 12.5. The zero-order valence-electron chi connectivity index (χ0n) is 15.8. The van der Waals surface area contributed by atoms with Gasteiger partial charge in [0.15, 0.2) is 5.43 Å². The van der Waals surface area contributed by atoms with Crippen LogP contribution in [0.4, 0.5) is 5.69 Å². The lowest BCUT2D eigenvalue weighted by Gasteiger charge is -2.09. The number of hydrogen-bond donors (Lipinski definition) is 1. The Morgan fingerprint density at radius 2 is 1.63 bits per heavy atom. The van der Waals surface area contributed by atoms with Gasteiger partial charge in [-0.1, -0.05) is 11.6 Å². The first kappa shape index (κ1) is 20.0. The molecule has 1 N–H and O–H groups in total. The number of methoxy groups -OCH3 is 1. The smallest absolute Gasteiger partial charge is 0.261 e. The third-order valence-electron chi connectivity index (χ3n) is 4.48. The molecule has 0 amide bonds. The van der Waals surface area contributed by atoms with Gasteiger partial charge in [-0.15, -0.1) is 0 Å². The number of anilines is 1. The molecule has 0 saturated heterocycles. The molecule has 0 unspecified atom stereocenters. The summed E-state index contributed by atoms with van der Waals surface area (Å²) in [5.74, 6) is 0.949. The predicted octanol–water partition coefficient (Wildman–Crippen LogP) is 4.92. The quantitative estimate of drug-likeness (QED) is 0.475. The summed E-state index contributed by atoms with van der Waals surface area (Å²) in [7, 11) is -2.22. The molecule has 0 saturated carbocycles. The highest BCUT2D eigenvalue weighted by atomic mass is 35.5. The molecule has 6 nitrogen and oxygen atoms in total. The number of benzene rings is 3. The first-order valence-corrected chi connectivity index (χ1v) is 10.7. The molecule has 4 aromatic rings. The molecular weight excluding hydrogens is 426 g/mol. The van der Waals surface area contributed by atoms with Crippen LogP contribution in [-0.2, 0) is 10.0 Å². The number of halogens is 1. The van der Waals surface area contributed by atoms with Crippen LogP contribution in [0, 0.1) is 0 Å². The van der Waals surface area contributed by atoms with Gasteiger partial charge < -0.3 is 9.15 Å². The van der Waals surface area contributed by atoms with Gasteiger partial charge in [-0.05, 0) is 66.7 Å². The van der Waals surface area contributed by atoms with E-state index in [0.717, 1.165) is 0 Å². The molecule has 3 aromatic carbocycles. The van der Waals surface area contributed by atoms with Gasteiger partial charge in [-0.3, -0.25) is 9.52 Å². The fourth-order valence-corrected chi connectivity index (χ4v) is 4.12. The second-order valence-corrected chi connectivity index (χ2v) is 8.59. The van der Waals surface area contributed by atoms with Gasteiger partial charge in [0.1, 0.15) is 17.1 Å². The standard InChI is InChI=1S/C22H16ClNO5S/c1-28-17-8-11-21-19(12-17)20(25)13-22(29-21)14-2-6-16(7-3-14)24-30(26,27)18-9-4-15(23)5-10-18/h2-13,24H,1H3. The third-order valence-corrected chi connectivity index (χ3v) is 6.13. The van der Waals surface area contributed by atoms with Crippen LogP contribution in [-0.4, -0.2) is 15.5 Å². The van der Waals surface area contributed by atoms with Crippen molar-refractivity contribution in [3.63, 3.8) is 0 Å². The van der Waals surface area contributed by atoms with Crippen LogP contribution >= 0.6 is 11.6 Å². The Balaban J connectivity index is 1.62. The van der Waals surface area contributed by atoms with E-state index >= 15 is 0 Å². The van der Waals surface area contributed by atoms with Crippen molar-refractivity contribution >= 4 is 38.3 Å². The Labute approximate surface area is 177 Å². The average Bonchev–Trinajstić information content (AvgIpc) is 2.74. The molecule has 0 aliphatic heterocycles. The van der Waals surface area contributed by atoms with Crippen LogP contribution < -0.4 is 14.9 Å². The molecular formula is C22H16ClNO5S. The summed E-state index contributed by atoms with van der Waals surface area (Å²) in [5.41, 5.74) is 1.25. The van der Waals surface area contributed by atoms with E-state index in [2.05, 4.69) is 4.72 Å². The summed E-state index contributed by atoms with van der Waals surface area (Å²) in [5, 5.41) is 0.874. The number of rotatable bonds is 5. The summed E-state index contributed by atoms with van der Waals surface area (Å²) in [6, 6.07) is 18.8. The van der Waals surface area contributed by atoms with E-state index < -0.39 is 10.0 Å². The Kier molecular flexibility index (Phi) is 5.24. The highest BCUT2D eigenvalue weighted by Crippen LogP contribution is 2.26. The molecule has 1 heterocycles. The monoisotopic (exact) mass is 441 g/mol. The van der Waals surface area contributed by atoms with Crippen molar-refractivity contribution in [3.8, 4) is 17.1 Å². The molecule has 30 heavy (non-hydrogen) atoms. The molecule has 8 heteroatoms. The van der Waals surface area contributed by atoms with Crippen molar-refractivity contribution in [3.05, 3.63) is 88.0 Å². The van der Waals surface area contributed by atoms with Gasteiger partial charge in [-0.25, -0.2) is 8.42 Å². The predicted molar refractivity (Wildman–Crippen MR) is 117 cm³/mol. The maximum atomic E-state index is 12.5. The van der Waals surface area contributed by atoms with Crippen LogP contribution in [0.3, 0.4) is 0 Å². The lowest BCUT2D eigenvalue weighted by Crippen LogP contribution is -2.12. The Bertz CT molecular complexity index is 1380. The molecule has 0 radical (unpaired) electrons. The van der Waals surface area contributed by atoms with E-state index in [-0.39, 0.29) is 10.3 Å². The van der Waals surface area contributed by atoms with E-state index in [4.69, 9.17) is 20.8 Å². The van der Waals surface area contributed by atoms with E-state index in [1.807, 2.05) is 0 Å². The van der Waals surface area contributed by atoms with Crippen LogP contribution in [0.2, 0.25) is 5.02 Å². The average molecular weight is 442 g/mol. The van der Waals surface area contributed by atoms with Crippen molar-refractivity contribution in [1.29, 1.82) is 0 Å². The number of sulfonamides is 1. The van der Waals surface area contributed by atoms with Crippen molar-refractivity contribution in [1.82, 2.24) is 0 Å². The van der Waals surface area contributed by atoms with Crippen molar-refractivity contribution < 1.29 is 17.6 Å². The fourth-order valence-electron chi connectivity index (χ4n) is 2.93. The van der Waals surface area contributed by atoms with Gasteiger partial charge in [0.25, 0.3) is 10.0 Å². The highest BCUT2D eigenvalue weighted by Gasteiger charge is 2.14. The first-order valence-electron chi connectivity index (χ1n) is 8.86. The largest absolute Gasteiger partial charge is 0.497 e. The van der Waals surface area contributed by atoms with Crippen LogP contribution in [0.5, 0.6) is 5.75 Å². The lowest BCUT2D eigenvalue weighted by molar-refractivity contribution is 0.415. The third kappa shape index (κ3) is 4.03. The Hall–Kier alpha value is -3.29. The highest BCUT2D eigenvalue weighted by molar-refractivity contribution is 7.92. The van der Waals surface area contributed by atoms with Gasteiger partial charge in [0.2, 0.25) is 0 Å². The van der Waals surface area contributed by atoms with Crippen LogP contribution in [0.15, 0.2) is 86.9 Å². The van der Waals surface area contributed by atoms with Crippen molar-refractivity contribution in [2.24, 2.45) is 0 Å². The molecule has 0 aliphatic carbocycles. The SMILES string of the molecule is COc1ccc2oc(-c3ccc(NS(=O)(=O)c4ccc(Cl)cc4)cc3)cc(=O)c2c1. The second kappa shape index (κ2) is 7.85. The summed E-state index contributed by atoms with van der Waals surface area (Å²) in [6.45, 7) is 0. The summed E-state index contributed by atoms with van der Waals surface area (Å²) in [4.78, 5) is 12.6. The minimum atomic E-state index is -3.74. The fraction of sp³-hybridized carbons (Fsp3) is 0.0455. The zero-order valence-corrected chi connectivity index (χ0v) is 17.3. The number of fused-ring (bicyclic) bond motifs is 1. The van der Waals surface area contributed by atoms with Gasteiger partial charge in [0.05, 0.1) is 17.4 Å². The Morgan fingerprint density at radius 1 is 0.933 bits per heavy atom. The zero-order chi connectivity index (χ0) is 21.3. The topological polar surface area (TPSA) is 85.6 Å². The maximum Gasteiger partial charge on any atom is 0.261 e. The molecule has 152 valence electrons.